The summed E-state index contributed by atoms with van der Waals surface area (Å²) in [5, 5.41) is 2.84. The van der Waals surface area contributed by atoms with Crippen LogP contribution >= 0.6 is 11.6 Å². The summed E-state index contributed by atoms with van der Waals surface area (Å²) in [7, 11) is -3.66. The minimum Gasteiger partial charge on any atom is -0.494 e. The average molecular weight is 467 g/mol. The van der Waals surface area contributed by atoms with Crippen molar-refractivity contribution in [1.29, 1.82) is 0 Å². The van der Waals surface area contributed by atoms with Crippen LogP contribution in [0.3, 0.4) is 0 Å². The zero-order chi connectivity index (χ0) is 22.3. The molecule has 2 aromatic carbocycles. The second kappa shape index (κ2) is 10.8. The van der Waals surface area contributed by atoms with Gasteiger partial charge in [-0.15, -0.1) is 0 Å². The summed E-state index contributed by atoms with van der Waals surface area (Å²) in [6, 6.07) is 11.2. The van der Waals surface area contributed by atoms with E-state index in [0.29, 0.717) is 12.3 Å². The lowest BCUT2D eigenvalue weighted by molar-refractivity contribution is -0.118. The van der Waals surface area contributed by atoms with Gasteiger partial charge in [-0.25, -0.2) is 13.1 Å². The zero-order valence-corrected chi connectivity index (χ0v) is 19.0. The summed E-state index contributed by atoms with van der Waals surface area (Å²) >= 11 is 6.21. The molecule has 1 fully saturated rings. The fourth-order valence-corrected chi connectivity index (χ4v) is 5.05. The van der Waals surface area contributed by atoms with Gasteiger partial charge in [0.05, 0.1) is 16.5 Å². The maximum Gasteiger partial charge on any atom is 0.262 e. The second-order valence-electron chi connectivity index (χ2n) is 7.34. The average Bonchev–Trinajstić information content (AvgIpc) is 2.75. The molecule has 0 radical (unpaired) electrons. The van der Waals surface area contributed by atoms with Crippen molar-refractivity contribution in [3.05, 3.63) is 47.5 Å². The van der Waals surface area contributed by atoms with Crippen LogP contribution in [0.1, 0.15) is 39.0 Å². The predicted octanol–water partition coefficient (Wildman–Crippen LogP) is 4.37. The van der Waals surface area contributed by atoms with E-state index in [-0.39, 0.29) is 34.2 Å². The number of carbonyl (C=O) groups is 1. The molecule has 31 heavy (non-hydrogen) atoms. The predicted molar refractivity (Wildman–Crippen MR) is 120 cm³/mol. The molecule has 0 unspecified atom stereocenters. The Hall–Kier alpha value is -2.29. The van der Waals surface area contributed by atoms with Crippen molar-refractivity contribution in [3.8, 4) is 11.5 Å². The maximum atomic E-state index is 12.6. The maximum absolute atomic E-state index is 12.6. The van der Waals surface area contributed by atoms with Gasteiger partial charge in [-0.1, -0.05) is 30.9 Å². The minimum atomic E-state index is -3.66. The van der Waals surface area contributed by atoms with Gasteiger partial charge in [-0.05, 0) is 62.2 Å². The molecule has 3 rings (SSSR count). The van der Waals surface area contributed by atoms with E-state index in [2.05, 4.69) is 10.0 Å². The molecule has 0 heterocycles. The Kier molecular flexibility index (Phi) is 8.17. The number of hydrogen-bond donors (Lipinski definition) is 2. The normalized spacial score (nSPS) is 14.8. The summed E-state index contributed by atoms with van der Waals surface area (Å²) in [4.78, 5) is 12.2. The molecule has 0 aliphatic heterocycles. The van der Waals surface area contributed by atoms with Crippen LogP contribution < -0.4 is 19.5 Å². The van der Waals surface area contributed by atoms with Crippen molar-refractivity contribution in [1.82, 2.24) is 4.72 Å². The first-order valence-corrected chi connectivity index (χ1v) is 12.2. The van der Waals surface area contributed by atoms with Crippen molar-refractivity contribution < 1.29 is 22.7 Å². The largest absolute Gasteiger partial charge is 0.494 e. The van der Waals surface area contributed by atoms with Crippen LogP contribution in [-0.4, -0.2) is 33.6 Å². The summed E-state index contributed by atoms with van der Waals surface area (Å²) in [5.74, 6) is 0.590. The highest BCUT2D eigenvalue weighted by atomic mass is 35.5. The van der Waals surface area contributed by atoms with Crippen molar-refractivity contribution in [3.63, 3.8) is 0 Å². The number of sulfonamides is 1. The SMILES string of the molecule is CCOc1ccc(NC(=O)COc2ccc(S(=O)(=O)NC3CCCCC3)cc2Cl)cc1. The Morgan fingerprint density at radius 3 is 2.42 bits per heavy atom. The Labute approximate surface area is 188 Å². The van der Waals surface area contributed by atoms with E-state index in [1.807, 2.05) is 6.92 Å². The molecule has 9 heteroatoms. The van der Waals surface area contributed by atoms with Gasteiger partial charge in [0, 0.05) is 11.7 Å². The number of hydrogen-bond acceptors (Lipinski definition) is 5. The van der Waals surface area contributed by atoms with E-state index >= 15 is 0 Å². The highest BCUT2D eigenvalue weighted by Gasteiger charge is 2.22. The standard InChI is InChI=1S/C22H27ClN2O5S/c1-2-29-18-10-8-16(9-11-18)24-22(26)15-30-21-13-12-19(14-20(21)23)31(27,28)25-17-6-4-3-5-7-17/h8-14,17,25H,2-7,15H2,1H3,(H,24,26). The van der Waals surface area contributed by atoms with Crippen molar-refractivity contribution >= 4 is 33.2 Å². The Balaban J connectivity index is 1.55. The van der Waals surface area contributed by atoms with Crippen LogP contribution in [0, 0.1) is 0 Å². The fourth-order valence-electron chi connectivity index (χ4n) is 3.42. The fraction of sp³-hybridized carbons (Fsp3) is 0.409. The Morgan fingerprint density at radius 1 is 1.06 bits per heavy atom. The molecule has 0 saturated heterocycles. The van der Waals surface area contributed by atoms with E-state index in [1.54, 1.807) is 24.3 Å². The van der Waals surface area contributed by atoms with Crippen molar-refractivity contribution in [2.45, 2.75) is 50.0 Å². The van der Waals surface area contributed by atoms with E-state index < -0.39 is 10.0 Å². The van der Waals surface area contributed by atoms with Gasteiger partial charge in [0.1, 0.15) is 11.5 Å². The molecule has 1 aliphatic rings. The van der Waals surface area contributed by atoms with E-state index in [0.717, 1.165) is 37.9 Å². The molecule has 0 atom stereocenters. The van der Waals surface area contributed by atoms with Crippen LogP contribution in [0.4, 0.5) is 5.69 Å². The molecule has 0 aromatic heterocycles. The summed E-state index contributed by atoms with van der Waals surface area (Å²) in [6.45, 7) is 2.20. The number of carbonyl (C=O) groups excluding carboxylic acids is 1. The smallest absolute Gasteiger partial charge is 0.262 e. The van der Waals surface area contributed by atoms with Gasteiger partial charge in [0.2, 0.25) is 10.0 Å². The molecular weight excluding hydrogens is 440 g/mol. The van der Waals surface area contributed by atoms with Crippen LogP contribution in [-0.2, 0) is 14.8 Å². The number of benzene rings is 2. The second-order valence-corrected chi connectivity index (χ2v) is 9.46. The number of ether oxygens (including phenoxy) is 2. The molecular formula is C22H27ClN2O5S. The van der Waals surface area contributed by atoms with Gasteiger partial charge in [0.15, 0.2) is 6.61 Å². The molecule has 2 N–H and O–H groups in total. The third-order valence-electron chi connectivity index (χ3n) is 4.95. The molecule has 168 valence electrons. The van der Waals surface area contributed by atoms with Gasteiger partial charge >= 0.3 is 0 Å². The summed E-state index contributed by atoms with van der Waals surface area (Å²) in [6.07, 6.45) is 4.89. The highest BCUT2D eigenvalue weighted by molar-refractivity contribution is 7.89. The molecule has 1 amide bonds. The molecule has 2 aromatic rings. The first kappa shape index (κ1) is 23.4. The first-order valence-electron chi connectivity index (χ1n) is 10.3. The van der Waals surface area contributed by atoms with Crippen molar-refractivity contribution in [2.24, 2.45) is 0 Å². The van der Waals surface area contributed by atoms with Crippen LogP contribution in [0.25, 0.3) is 0 Å². The summed E-state index contributed by atoms with van der Waals surface area (Å²) < 4.78 is 38.8. The van der Waals surface area contributed by atoms with E-state index in [1.165, 1.54) is 18.2 Å². The van der Waals surface area contributed by atoms with Crippen LogP contribution in [0.15, 0.2) is 47.4 Å². The lowest BCUT2D eigenvalue weighted by Gasteiger charge is -2.22. The molecule has 1 saturated carbocycles. The Bertz CT molecular complexity index is 989. The third kappa shape index (κ3) is 6.85. The topological polar surface area (TPSA) is 93.7 Å². The van der Waals surface area contributed by atoms with E-state index in [9.17, 15) is 13.2 Å². The number of nitrogens with one attached hydrogen (secondary N) is 2. The zero-order valence-electron chi connectivity index (χ0n) is 17.4. The summed E-state index contributed by atoms with van der Waals surface area (Å²) in [5.41, 5.74) is 0.610. The lowest BCUT2D eigenvalue weighted by Crippen LogP contribution is -2.36. The van der Waals surface area contributed by atoms with Crippen LogP contribution in [0.5, 0.6) is 11.5 Å². The molecule has 1 aliphatic carbocycles. The Morgan fingerprint density at radius 2 is 1.77 bits per heavy atom. The van der Waals surface area contributed by atoms with Crippen molar-refractivity contribution in [2.75, 3.05) is 18.5 Å². The molecule has 0 bridgehead atoms. The van der Waals surface area contributed by atoms with Gasteiger partial charge in [-0.3, -0.25) is 4.79 Å². The number of halogens is 1. The van der Waals surface area contributed by atoms with Gasteiger partial charge in [0.25, 0.3) is 5.91 Å². The van der Waals surface area contributed by atoms with E-state index in [4.69, 9.17) is 21.1 Å². The molecule has 7 nitrogen and oxygen atoms in total. The number of amides is 1. The lowest BCUT2D eigenvalue weighted by atomic mass is 9.96. The molecule has 0 spiro atoms. The van der Waals surface area contributed by atoms with Gasteiger partial charge < -0.3 is 14.8 Å². The van der Waals surface area contributed by atoms with Crippen LogP contribution in [0.2, 0.25) is 5.02 Å². The van der Waals surface area contributed by atoms with Gasteiger partial charge in [-0.2, -0.15) is 0 Å². The minimum absolute atomic E-state index is 0.0419. The number of anilines is 1. The first-order chi connectivity index (χ1) is 14.9. The number of rotatable bonds is 9. The highest BCUT2D eigenvalue weighted by Crippen LogP contribution is 2.28. The third-order valence-corrected chi connectivity index (χ3v) is 6.76. The monoisotopic (exact) mass is 466 g/mol. The quantitative estimate of drug-likeness (QED) is 0.572.